The quantitative estimate of drug-likeness (QED) is 0.691. The standard InChI is InChI=1S/C21H28N4O3S2/c26-20(22-12-17-6-11-30(27,28)16-17)14-25-9-7-24(8-10-25)13-19-15-29-21(23-19)18-4-2-1-3-5-18/h1-5,15,17H,6-14,16H2,(H,22,26). The van der Waals surface area contributed by atoms with E-state index in [2.05, 4.69) is 32.6 Å². The number of thiazole rings is 1. The fraction of sp³-hybridized carbons (Fsp3) is 0.524. The van der Waals surface area contributed by atoms with Gasteiger partial charge in [0.15, 0.2) is 9.84 Å². The summed E-state index contributed by atoms with van der Waals surface area (Å²) in [7, 11) is -2.89. The minimum absolute atomic E-state index is 0.0141. The number of aromatic nitrogens is 1. The van der Waals surface area contributed by atoms with Gasteiger partial charge in [-0.1, -0.05) is 30.3 Å². The molecule has 1 amide bonds. The van der Waals surface area contributed by atoms with Crippen LogP contribution in [-0.4, -0.2) is 79.9 Å². The third-order valence-corrected chi connectivity index (χ3v) is 8.48. The number of rotatable bonds is 7. The van der Waals surface area contributed by atoms with Crippen molar-refractivity contribution < 1.29 is 13.2 Å². The molecule has 2 fully saturated rings. The van der Waals surface area contributed by atoms with E-state index in [0.29, 0.717) is 19.5 Å². The Morgan fingerprint density at radius 3 is 2.57 bits per heavy atom. The van der Waals surface area contributed by atoms with Crippen LogP contribution in [-0.2, 0) is 21.2 Å². The van der Waals surface area contributed by atoms with Crippen LogP contribution in [0.2, 0.25) is 0 Å². The van der Waals surface area contributed by atoms with Crippen LogP contribution in [0.1, 0.15) is 12.1 Å². The predicted molar refractivity (Wildman–Crippen MR) is 119 cm³/mol. The van der Waals surface area contributed by atoms with Gasteiger partial charge in [-0.25, -0.2) is 13.4 Å². The summed E-state index contributed by atoms with van der Waals surface area (Å²) >= 11 is 1.68. The molecular weight excluding hydrogens is 420 g/mol. The second-order valence-corrected chi connectivity index (χ2v) is 11.2. The van der Waals surface area contributed by atoms with E-state index < -0.39 is 9.84 Å². The number of amides is 1. The Morgan fingerprint density at radius 1 is 1.13 bits per heavy atom. The summed E-state index contributed by atoms with van der Waals surface area (Å²) in [6.07, 6.45) is 0.657. The van der Waals surface area contributed by atoms with Gasteiger partial charge < -0.3 is 5.32 Å². The van der Waals surface area contributed by atoms with Crippen LogP contribution in [0.3, 0.4) is 0 Å². The van der Waals surface area contributed by atoms with E-state index in [4.69, 9.17) is 4.98 Å². The summed E-state index contributed by atoms with van der Waals surface area (Å²) in [6.45, 7) is 5.19. The topological polar surface area (TPSA) is 82.6 Å². The highest BCUT2D eigenvalue weighted by atomic mass is 32.2. The monoisotopic (exact) mass is 448 g/mol. The maximum Gasteiger partial charge on any atom is 0.234 e. The SMILES string of the molecule is O=C(CN1CCN(Cc2csc(-c3ccccc3)n2)CC1)NCC1CCS(=O)(=O)C1. The lowest BCUT2D eigenvalue weighted by Gasteiger charge is -2.33. The Morgan fingerprint density at radius 2 is 1.87 bits per heavy atom. The van der Waals surface area contributed by atoms with Gasteiger partial charge in [0.1, 0.15) is 5.01 Å². The first-order chi connectivity index (χ1) is 14.5. The molecule has 2 saturated heterocycles. The van der Waals surface area contributed by atoms with E-state index >= 15 is 0 Å². The van der Waals surface area contributed by atoms with Gasteiger partial charge in [0.05, 0.1) is 23.7 Å². The molecule has 0 bridgehead atoms. The molecule has 0 aliphatic carbocycles. The zero-order valence-corrected chi connectivity index (χ0v) is 18.6. The van der Waals surface area contributed by atoms with Gasteiger partial charge in [0.2, 0.25) is 5.91 Å². The summed E-state index contributed by atoms with van der Waals surface area (Å²) in [5.41, 5.74) is 2.25. The molecule has 162 valence electrons. The highest BCUT2D eigenvalue weighted by Gasteiger charge is 2.28. The van der Waals surface area contributed by atoms with Crippen molar-refractivity contribution in [1.29, 1.82) is 0 Å². The fourth-order valence-corrected chi connectivity index (χ4v) is 6.66. The Balaban J connectivity index is 1.17. The van der Waals surface area contributed by atoms with Gasteiger partial charge in [-0.2, -0.15) is 0 Å². The number of carbonyl (C=O) groups excluding carboxylic acids is 1. The molecule has 2 aromatic rings. The maximum atomic E-state index is 12.2. The van der Waals surface area contributed by atoms with Crippen LogP contribution in [0, 0.1) is 5.92 Å². The van der Waals surface area contributed by atoms with Gasteiger partial charge in [0.25, 0.3) is 0 Å². The van der Waals surface area contributed by atoms with Crippen LogP contribution >= 0.6 is 11.3 Å². The van der Waals surface area contributed by atoms with Gasteiger partial charge in [-0.15, -0.1) is 11.3 Å². The van der Waals surface area contributed by atoms with E-state index in [1.807, 2.05) is 18.2 Å². The van der Waals surface area contributed by atoms with Gasteiger partial charge in [-0.05, 0) is 12.3 Å². The van der Waals surface area contributed by atoms with Crippen molar-refractivity contribution in [2.45, 2.75) is 13.0 Å². The van der Waals surface area contributed by atoms with Crippen LogP contribution in [0.5, 0.6) is 0 Å². The molecule has 1 unspecified atom stereocenters. The second kappa shape index (κ2) is 9.55. The van der Waals surface area contributed by atoms with Gasteiger partial charge >= 0.3 is 0 Å². The highest BCUT2D eigenvalue weighted by Crippen LogP contribution is 2.24. The van der Waals surface area contributed by atoms with E-state index in [-0.39, 0.29) is 23.3 Å². The molecule has 2 aliphatic heterocycles. The third kappa shape index (κ3) is 5.87. The van der Waals surface area contributed by atoms with E-state index in [9.17, 15) is 13.2 Å². The summed E-state index contributed by atoms with van der Waals surface area (Å²) in [4.78, 5) is 21.5. The molecule has 9 heteroatoms. The first-order valence-electron chi connectivity index (χ1n) is 10.4. The molecule has 7 nitrogen and oxygen atoms in total. The lowest BCUT2D eigenvalue weighted by atomic mass is 10.1. The smallest absolute Gasteiger partial charge is 0.234 e. The van der Waals surface area contributed by atoms with Crippen molar-refractivity contribution in [2.24, 2.45) is 5.92 Å². The van der Waals surface area contributed by atoms with E-state index in [1.54, 1.807) is 11.3 Å². The molecule has 1 aromatic carbocycles. The Kier molecular flexibility index (Phi) is 6.82. The van der Waals surface area contributed by atoms with E-state index in [0.717, 1.165) is 49.0 Å². The first kappa shape index (κ1) is 21.4. The van der Waals surface area contributed by atoms with Crippen LogP contribution in [0.25, 0.3) is 10.6 Å². The lowest BCUT2D eigenvalue weighted by molar-refractivity contribution is -0.122. The zero-order valence-electron chi connectivity index (χ0n) is 17.0. The van der Waals surface area contributed by atoms with Gasteiger partial charge in [0, 0.05) is 50.2 Å². The van der Waals surface area contributed by atoms with E-state index in [1.165, 1.54) is 0 Å². The number of hydrogen-bond donors (Lipinski definition) is 1. The molecule has 0 spiro atoms. The minimum Gasteiger partial charge on any atom is -0.355 e. The highest BCUT2D eigenvalue weighted by molar-refractivity contribution is 7.91. The summed E-state index contributed by atoms with van der Waals surface area (Å²) in [6, 6.07) is 10.2. The fourth-order valence-electron chi connectivity index (χ4n) is 3.98. The Labute approximate surface area is 182 Å². The number of nitrogens with zero attached hydrogens (tertiary/aromatic N) is 3. The van der Waals surface area contributed by atoms with Crippen molar-refractivity contribution >= 4 is 27.1 Å². The number of nitrogens with one attached hydrogen (secondary N) is 1. The third-order valence-electron chi connectivity index (χ3n) is 5.70. The van der Waals surface area contributed by atoms with Crippen LogP contribution < -0.4 is 5.32 Å². The summed E-state index contributed by atoms with van der Waals surface area (Å²) < 4.78 is 23.0. The van der Waals surface area contributed by atoms with Crippen molar-refractivity contribution in [1.82, 2.24) is 20.1 Å². The average Bonchev–Trinajstić information content (AvgIpc) is 3.34. The molecule has 1 N–H and O–H groups in total. The molecule has 2 aliphatic rings. The van der Waals surface area contributed by atoms with Crippen molar-refractivity contribution in [3.8, 4) is 10.6 Å². The number of carbonyl (C=O) groups is 1. The molecule has 0 saturated carbocycles. The molecular formula is C21H28N4O3S2. The maximum absolute atomic E-state index is 12.2. The normalized spacial score (nSPS) is 22.2. The molecule has 1 aromatic heterocycles. The summed E-state index contributed by atoms with van der Waals surface area (Å²) in [5, 5.41) is 6.09. The lowest BCUT2D eigenvalue weighted by Crippen LogP contribution is -2.49. The number of piperazine rings is 1. The molecule has 1 atom stereocenters. The van der Waals surface area contributed by atoms with Crippen molar-refractivity contribution in [3.05, 3.63) is 41.4 Å². The molecule has 30 heavy (non-hydrogen) atoms. The predicted octanol–water partition coefficient (Wildman–Crippen LogP) is 1.48. The molecule has 4 rings (SSSR count). The number of benzene rings is 1. The second-order valence-electron chi connectivity index (χ2n) is 8.14. The molecule has 3 heterocycles. The number of hydrogen-bond acceptors (Lipinski definition) is 7. The zero-order chi connectivity index (χ0) is 21.0. The Bertz CT molecular complexity index is 954. The average molecular weight is 449 g/mol. The van der Waals surface area contributed by atoms with Crippen molar-refractivity contribution in [2.75, 3.05) is 50.8 Å². The minimum atomic E-state index is -2.89. The largest absolute Gasteiger partial charge is 0.355 e. The van der Waals surface area contributed by atoms with Crippen LogP contribution in [0.4, 0.5) is 0 Å². The first-order valence-corrected chi connectivity index (χ1v) is 13.1. The van der Waals surface area contributed by atoms with Crippen LogP contribution in [0.15, 0.2) is 35.7 Å². The summed E-state index contributed by atoms with van der Waals surface area (Å²) in [5.74, 6) is 0.505. The molecule has 0 radical (unpaired) electrons. The van der Waals surface area contributed by atoms with Crippen molar-refractivity contribution in [3.63, 3.8) is 0 Å². The van der Waals surface area contributed by atoms with Gasteiger partial charge in [-0.3, -0.25) is 14.6 Å². The number of sulfone groups is 1. The Hall–Kier alpha value is -1.81.